The van der Waals surface area contributed by atoms with Gasteiger partial charge in [0.2, 0.25) is 0 Å². The second-order valence-corrected chi connectivity index (χ2v) is 5.37. The lowest BCUT2D eigenvalue weighted by atomic mass is 10.2. The van der Waals surface area contributed by atoms with E-state index in [0.717, 1.165) is 51.2 Å². The van der Waals surface area contributed by atoms with E-state index in [1.54, 1.807) is 0 Å². The Morgan fingerprint density at radius 1 is 1.32 bits per heavy atom. The first kappa shape index (κ1) is 14.6. The molecular weight excluding hydrogens is 240 g/mol. The zero-order chi connectivity index (χ0) is 13.5. The normalized spacial score (nSPS) is 23.9. The molecule has 19 heavy (non-hydrogen) atoms. The molecule has 1 unspecified atom stereocenters. The van der Waals surface area contributed by atoms with Crippen LogP contribution in [0.2, 0.25) is 0 Å². The highest BCUT2D eigenvalue weighted by atomic mass is 16.5. The van der Waals surface area contributed by atoms with Gasteiger partial charge >= 0.3 is 0 Å². The number of hydrogen-bond acceptors (Lipinski definition) is 3. The first-order valence-electron chi connectivity index (χ1n) is 7.63. The number of nitrogens with zero attached hydrogens (tertiary/aromatic N) is 2. The monoisotopic (exact) mass is 268 g/mol. The molecule has 1 heterocycles. The summed E-state index contributed by atoms with van der Waals surface area (Å²) < 4.78 is 5.59. The van der Waals surface area contributed by atoms with Gasteiger partial charge in [0.05, 0.1) is 6.10 Å². The molecule has 110 valence electrons. The molecule has 1 saturated carbocycles. The third-order valence-electron chi connectivity index (χ3n) is 3.91. The van der Waals surface area contributed by atoms with Gasteiger partial charge in [-0.1, -0.05) is 6.92 Å². The first-order chi connectivity index (χ1) is 9.33. The second kappa shape index (κ2) is 7.70. The summed E-state index contributed by atoms with van der Waals surface area (Å²) in [4.78, 5) is 6.79. The third kappa shape index (κ3) is 4.99. The standard InChI is InChI=1S/C14H28N4O/c1-3-18(12-6-7-12)9-8-16-14(15-2)17-11-13-5-4-10-19-13/h12-13H,3-11H2,1-2H3,(H2,15,16,17). The fourth-order valence-electron chi connectivity index (χ4n) is 2.59. The number of guanidine groups is 1. The summed E-state index contributed by atoms with van der Waals surface area (Å²) in [6, 6.07) is 0.841. The summed E-state index contributed by atoms with van der Waals surface area (Å²) >= 11 is 0. The molecule has 1 aliphatic carbocycles. The molecule has 2 N–H and O–H groups in total. The first-order valence-corrected chi connectivity index (χ1v) is 7.63. The van der Waals surface area contributed by atoms with Crippen molar-refractivity contribution in [2.45, 2.75) is 44.8 Å². The van der Waals surface area contributed by atoms with E-state index in [4.69, 9.17) is 4.74 Å². The van der Waals surface area contributed by atoms with Crippen molar-refractivity contribution in [3.8, 4) is 0 Å². The molecule has 2 fully saturated rings. The predicted octanol–water partition coefficient (Wildman–Crippen LogP) is 0.815. The van der Waals surface area contributed by atoms with Crippen molar-refractivity contribution in [1.29, 1.82) is 0 Å². The minimum Gasteiger partial charge on any atom is -0.376 e. The predicted molar refractivity (Wildman–Crippen MR) is 78.6 cm³/mol. The van der Waals surface area contributed by atoms with E-state index < -0.39 is 0 Å². The zero-order valence-corrected chi connectivity index (χ0v) is 12.3. The number of aliphatic imine (C=N–C) groups is 1. The average Bonchev–Trinajstić information content (AvgIpc) is 3.14. The average molecular weight is 268 g/mol. The summed E-state index contributed by atoms with van der Waals surface area (Å²) in [5, 5.41) is 6.73. The summed E-state index contributed by atoms with van der Waals surface area (Å²) in [5.74, 6) is 0.891. The SMILES string of the molecule is CCN(CCNC(=NC)NCC1CCCO1)C1CC1. The van der Waals surface area contributed by atoms with Crippen molar-refractivity contribution < 1.29 is 4.74 Å². The van der Waals surface area contributed by atoms with Crippen molar-refractivity contribution in [3.05, 3.63) is 0 Å². The maximum absolute atomic E-state index is 5.59. The van der Waals surface area contributed by atoms with Gasteiger partial charge in [-0.2, -0.15) is 0 Å². The molecule has 1 atom stereocenters. The Morgan fingerprint density at radius 2 is 2.16 bits per heavy atom. The van der Waals surface area contributed by atoms with Crippen LogP contribution in [0.3, 0.4) is 0 Å². The molecular formula is C14H28N4O. The van der Waals surface area contributed by atoms with Gasteiger partial charge in [0.25, 0.3) is 0 Å². The van der Waals surface area contributed by atoms with Crippen molar-refractivity contribution in [2.75, 3.05) is 39.8 Å². The van der Waals surface area contributed by atoms with E-state index in [1.807, 2.05) is 7.05 Å². The van der Waals surface area contributed by atoms with Crippen LogP contribution >= 0.6 is 0 Å². The molecule has 5 nitrogen and oxygen atoms in total. The van der Waals surface area contributed by atoms with Gasteiger partial charge in [-0.3, -0.25) is 9.89 Å². The summed E-state index contributed by atoms with van der Waals surface area (Å²) in [6.45, 7) is 7.21. The minimum absolute atomic E-state index is 0.358. The van der Waals surface area contributed by atoms with Crippen LogP contribution in [-0.2, 0) is 4.74 Å². The van der Waals surface area contributed by atoms with Gasteiger partial charge in [0.15, 0.2) is 5.96 Å². The summed E-state index contributed by atoms with van der Waals surface area (Å²) in [6.07, 6.45) is 5.46. The lowest BCUT2D eigenvalue weighted by Gasteiger charge is -2.21. The van der Waals surface area contributed by atoms with Gasteiger partial charge in [0, 0.05) is 39.3 Å². The molecule has 0 radical (unpaired) electrons. The highest BCUT2D eigenvalue weighted by molar-refractivity contribution is 5.79. The molecule has 0 aromatic rings. The van der Waals surface area contributed by atoms with Gasteiger partial charge in [-0.05, 0) is 32.2 Å². The number of likely N-dealkylation sites (N-methyl/N-ethyl adjacent to an activating group) is 1. The smallest absolute Gasteiger partial charge is 0.191 e. The highest BCUT2D eigenvalue weighted by Crippen LogP contribution is 2.25. The van der Waals surface area contributed by atoms with E-state index in [9.17, 15) is 0 Å². The topological polar surface area (TPSA) is 48.9 Å². The van der Waals surface area contributed by atoms with Crippen LogP contribution in [0.25, 0.3) is 0 Å². The van der Waals surface area contributed by atoms with Crippen molar-refractivity contribution in [2.24, 2.45) is 4.99 Å². The molecule has 1 aliphatic heterocycles. The largest absolute Gasteiger partial charge is 0.376 e. The van der Waals surface area contributed by atoms with Crippen LogP contribution in [0.15, 0.2) is 4.99 Å². The fraction of sp³-hybridized carbons (Fsp3) is 0.929. The van der Waals surface area contributed by atoms with Crippen LogP contribution in [0.5, 0.6) is 0 Å². The van der Waals surface area contributed by atoms with Crippen molar-refractivity contribution in [1.82, 2.24) is 15.5 Å². The molecule has 0 aromatic carbocycles. The zero-order valence-electron chi connectivity index (χ0n) is 12.3. The van der Waals surface area contributed by atoms with Crippen LogP contribution in [0.1, 0.15) is 32.6 Å². The highest BCUT2D eigenvalue weighted by Gasteiger charge is 2.27. The Bertz CT molecular complexity index is 285. The third-order valence-corrected chi connectivity index (χ3v) is 3.91. The molecule has 0 bridgehead atoms. The van der Waals surface area contributed by atoms with E-state index in [-0.39, 0.29) is 0 Å². The maximum Gasteiger partial charge on any atom is 0.191 e. The molecule has 1 saturated heterocycles. The number of hydrogen-bond donors (Lipinski definition) is 2. The number of nitrogens with one attached hydrogen (secondary N) is 2. The minimum atomic E-state index is 0.358. The van der Waals surface area contributed by atoms with Crippen molar-refractivity contribution in [3.63, 3.8) is 0 Å². The number of ether oxygens (including phenoxy) is 1. The summed E-state index contributed by atoms with van der Waals surface area (Å²) in [5.41, 5.74) is 0. The Morgan fingerprint density at radius 3 is 2.74 bits per heavy atom. The Balaban J connectivity index is 1.59. The maximum atomic E-state index is 5.59. The number of rotatable bonds is 7. The van der Waals surface area contributed by atoms with Crippen LogP contribution < -0.4 is 10.6 Å². The quantitative estimate of drug-likeness (QED) is 0.530. The lowest BCUT2D eigenvalue weighted by molar-refractivity contribution is 0.114. The van der Waals surface area contributed by atoms with E-state index >= 15 is 0 Å². The summed E-state index contributed by atoms with van der Waals surface area (Å²) in [7, 11) is 1.82. The Hall–Kier alpha value is -0.810. The Labute approximate surface area is 116 Å². The fourth-order valence-corrected chi connectivity index (χ4v) is 2.59. The van der Waals surface area contributed by atoms with Crippen molar-refractivity contribution >= 4 is 5.96 Å². The lowest BCUT2D eigenvalue weighted by Crippen LogP contribution is -2.44. The molecule has 0 aromatic heterocycles. The molecule has 5 heteroatoms. The molecule has 0 amide bonds. The van der Waals surface area contributed by atoms with Crippen LogP contribution in [0, 0.1) is 0 Å². The van der Waals surface area contributed by atoms with E-state index in [1.165, 1.54) is 19.3 Å². The molecule has 2 aliphatic rings. The molecule has 2 rings (SSSR count). The van der Waals surface area contributed by atoms with Crippen LogP contribution in [-0.4, -0.2) is 62.8 Å². The van der Waals surface area contributed by atoms with Gasteiger partial charge < -0.3 is 15.4 Å². The van der Waals surface area contributed by atoms with Crippen LogP contribution in [0.4, 0.5) is 0 Å². The van der Waals surface area contributed by atoms with Gasteiger partial charge in [0.1, 0.15) is 0 Å². The van der Waals surface area contributed by atoms with Gasteiger partial charge in [-0.25, -0.2) is 0 Å². The molecule has 0 spiro atoms. The second-order valence-electron chi connectivity index (χ2n) is 5.37. The van der Waals surface area contributed by atoms with E-state index in [0.29, 0.717) is 6.10 Å². The Kier molecular flexibility index (Phi) is 5.92. The van der Waals surface area contributed by atoms with E-state index in [2.05, 4.69) is 27.4 Å². The van der Waals surface area contributed by atoms with Gasteiger partial charge in [-0.15, -0.1) is 0 Å².